The highest BCUT2D eigenvalue weighted by molar-refractivity contribution is 7.98. The number of nitro benzene ring substituents is 1. The minimum Gasteiger partial charge on any atom is -0.348 e. The van der Waals surface area contributed by atoms with Crippen LogP contribution in [-0.4, -0.2) is 29.7 Å². The van der Waals surface area contributed by atoms with Gasteiger partial charge in [-0.05, 0) is 24.8 Å². The summed E-state index contributed by atoms with van der Waals surface area (Å²) in [5, 5.41) is 13.8. The summed E-state index contributed by atoms with van der Waals surface area (Å²) in [5.74, 6) is -0.441. The van der Waals surface area contributed by atoms with Gasteiger partial charge in [-0.3, -0.25) is 14.9 Å². The minimum atomic E-state index is -0.539. The van der Waals surface area contributed by atoms with Crippen molar-refractivity contribution >= 4 is 35.8 Å². The number of hydrogen-bond donors (Lipinski definition) is 2. The molecule has 0 spiro atoms. The Labute approximate surface area is 140 Å². The van der Waals surface area contributed by atoms with Gasteiger partial charge in [0.15, 0.2) is 0 Å². The number of carbonyl (C=O) groups excluding carboxylic acids is 1. The SMILES string of the molecule is CCCCC(CN)NC(=O)c1cc(SC)ccc1[N+](=O)[O-].Cl. The average Bonchev–Trinajstić information content (AvgIpc) is 2.50. The molecule has 0 saturated carbocycles. The van der Waals surface area contributed by atoms with Crippen LogP contribution in [0, 0.1) is 10.1 Å². The highest BCUT2D eigenvalue weighted by Gasteiger charge is 2.22. The Kier molecular flexibility index (Phi) is 9.80. The molecule has 1 aromatic carbocycles. The Morgan fingerprint density at radius 3 is 2.68 bits per heavy atom. The van der Waals surface area contributed by atoms with Crippen molar-refractivity contribution in [3.8, 4) is 0 Å². The number of nitrogens with one attached hydrogen (secondary N) is 1. The first-order valence-electron chi connectivity index (χ1n) is 6.86. The van der Waals surface area contributed by atoms with Crippen LogP contribution in [0.2, 0.25) is 0 Å². The lowest BCUT2D eigenvalue weighted by molar-refractivity contribution is -0.385. The second-order valence-electron chi connectivity index (χ2n) is 4.69. The van der Waals surface area contributed by atoms with Crippen LogP contribution in [0.4, 0.5) is 5.69 Å². The van der Waals surface area contributed by atoms with Crippen LogP contribution in [0.1, 0.15) is 36.5 Å². The molecule has 0 radical (unpaired) electrons. The smallest absolute Gasteiger partial charge is 0.282 e. The summed E-state index contributed by atoms with van der Waals surface area (Å²) in [6.45, 7) is 2.38. The lowest BCUT2D eigenvalue weighted by Crippen LogP contribution is -2.40. The first kappa shape index (κ1) is 20.7. The molecule has 0 fully saturated rings. The van der Waals surface area contributed by atoms with Crippen LogP contribution >= 0.6 is 24.2 Å². The van der Waals surface area contributed by atoms with Crippen LogP contribution in [0.3, 0.4) is 0 Å². The first-order chi connectivity index (χ1) is 10.0. The Morgan fingerprint density at radius 2 is 2.18 bits per heavy atom. The number of benzene rings is 1. The Balaban J connectivity index is 0.00000441. The maximum absolute atomic E-state index is 12.3. The van der Waals surface area contributed by atoms with E-state index in [9.17, 15) is 14.9 Å². The zero-order valence-electron chi connectivity index (χ0n) is 12.7. The van der Waals surface area contributed by atoms with Crippen LogP contribution in [-0.2, 0) is 0 Å². The van der Waals surface area contributed by atoms with Crippen molar-refractivity contribution in [2.24, 2.45) is 5.73 Å². The first-order valence-corrected chi connectivity index (χ1v) is 8.09. The number of rotatable bonds is 8. The summed E-state index contributed by atoms with van der Waals surface area (Å²) in [7, 11) is 0. The maximum Gasteiger partial charge on any atom is 0.282 e. The molecule has 1 atom stereocenters. The van der Waals surface area contributed by atoms with E-state index in [1.54, 1.807) is 12.1 Å². The molecule has 0 heterocycles. The topological polar surface area (TPSA) is 98.3 Å². The molecule has 0 aromatic heterocycles. The third-order valence-electron chi connectivity index (χ3n) is 3.17. The Morgan fingerprint density at radius 1 is 1.50 bits per heavy atom. The summed E-state index contributed by atoms with van der Waals surface area (Å²) in [6, 6.07) is 4.39. The van der Waals surface area contributed by atoms with E-state index in [0.29, 0.717) is 6.54 Å². The van der Waals surface area contributed by atoms with Gasteiger partial charge in [0, 0.05) is 23.5 Å². The zero-order chi connectivity index (χ0) is 15.8. The molecule has 22 heavy (non-hydrogen) atoms. The summed E-state index contributed by atoms with van der Waals surface area (Å²) < 4.78 is 0. The van der Waals surface area contributed by atoms with E-state index < -0.39 is 10.8 Å². The Bertz CT molecular complexity index is 514. The Hall–Kier alpha value is -1.31. The van der Waals surface area contributed by atoms with Gasteiger partial charge >= 0.3 is 0 Å². The van der Waals surface area contributed by atoms with Gasteiger partial charge in [-0.25, -0.2) is 0 Å². The summed E-state index contributed by atoms with van der Waals surface area (Å²) in [6.07, 6.45) is 4.59. The molecule has 1 aromatic rings. The standard InChI is InChI=1S/C14H21N3O3S.ClH/c1-3-4-5-10(9-15)16-14(18)12-8-11(21-2)6-7-13(12)17(19)20;/h6-8,10H,3-5,9,15H2,1-2H3,(H,16,18);1H. The van der Waals surface area contributed by atoms with Crippen molar-refractivity contribution in [1.29, 1.82) is 0 Å². The molecule has 0 saturated heterocycles. The van der Waals surface area contributed by atoms with Crippen molar-refractivity contribution in [3.05, 3.63) is 33.9 Å². The summed E-state index contributed by atoms with van der Waals surface area (Å²) in [5.41, 5.74) is 5.54. The molecule has 0 aliphatic heterocycles. The number of unbranched alkanes of at least 4 members (excludes halogenated alkanes) is 1. The van der Waals surface area contributed by atoms with Gasteiger partial charge < -0.3 is 11.1 Å². The second kappa shape index (κ2) is 10.4. The zero-order valence-corrected chi connectivity index (χ0v) is 14.3. The molecule has 6 nitrogen and oxygen atoms in total. The van der Waals surface area contributed by atoms with E-state index in [1.165, 1.54) is 17.8 Å². The number of nitrogens with two attached hydrogens (primary N) is 1. The van der Waals surface area contributed by atoms with Crippen LogP contribution in [0.5, 0.6) is 0 Å². The third kappa shape index (κ3) is 5.82. The van der Waals surface area contributed by atoms with Gasteiger partial charge in [-0.2, -0.15) is 0 Å². The monoisotopic (exact) mass is 347 g/mol. The maximum atomic E-state index is 12.3. The number of hydrogen-bond acceptors (Lipinski definition) is 5. The van der Waals surface area contributed by atoms with Crippen LogP contribution in [0.25, 0.3) is 0 Å². The van der Waals surface area contributed by atoms with Gasteiger partial charge in [-0.15, -0.1) is 24.2 Å². The fourth-order valence-corrected chi connectivity index (χ4v) is 2.39. The molecule has 0 aliphatic carbocycles. The fourth-order valence-electron chi connectivity index (χ4n) is 1.95. The highest BCUT2D eigenvalue weighted by Crippen LogP contribution is 2.24. The van der Waals surface area contributed by atoms with Gasteiger partial charge in [0.25, 0.3) is 11.6 Å². The van der Waals surface area contributed by atoms with Crippen molar-refractivity contribution in [3.63, 3.8) is 0 Å². The molecular weight excluding hydrogens is 326 g/mol. The molecule has 1 rings (SSSR count). The third-order valence-corrected chi connectivity index (χ3v) is 3.90. The van der Waals surface area contributed by atoms with Crippen LogP contribution in [0.15, 0.2) is 23.1 Å². The molecule has 1 unspecified atom stereocenters. The largest absolute Gasteiger partial charge is 0.348 e. The van der Waals surface area contributed by atoms with Crippen molar-refractivity contribution in [2.45, 2.75) is 37.1 Å². The van der Waals surface area contributed by atoms with E-state index in [-0.39, 0.29) is 29.7 Å². The van der Waals surface area contributed by atoms with Crippen molar-refractivity contribution in [2.75, 3.05) is 12.8 Å². The lowest BCUT2D eigenvalue weighted by Gasteiger charge is -2.16. The summed E-state index contributed by atoms with van der Waals surface area (Å²) >= 11 is 1.43. The quantitative estimate of drug-likeness (QED) is 0.428. The average molecular weight is 348 g/mol. The van der Waals surface area contributed by atoms with Gasteiger partial charge in [-0.1, -0.05) is 19.8 Å². The van der Waals surface area contributed by atoms with Crippen molar-refractivity contribution in [1.82, 2.24) is 5.32 Å². The molecule has 0 bridgehead atoms. The number of nitrogens with zero attached hydrogens (tertiary/aromatic N) is 1. The molecule has 3 N–H and O–H groups in total. The number of thioether (sulfide) groups is 1. The van der Waals surface area contributed by atoms with E-state index >= 15 is 0 Å². The second-order valence-corrected chi connectivity index (χ2v) is 5.57. The van der Waals surface area contributed by atoms with E-state index in [4.69, 9.17) is 5.73 Å². The molecule has 124 valence electrons. The van der Waals surface area contributed by atoms with Crippen molar-refractivity contribution < 1.29 is 9.72 Å². The van der Waals surface area contributed by atoms with E-state index in [1.807, 2.05) is 6.26 Å². The summed E-state index contributed by atoms with van der Waals surface area (Å²) in [4.78, 5) is 23.6. The minimum absolute atomic E-state index is 0. The fraction of sp³-hybridized carbons (Fsp3) is 0.500. The number of carbonyl (C=O) groups is 1. The molecular formula is C14H22ClN3O3S. The molecule has 1 amide bonds. The van der Waals surface area contributed by atoms with Gasteiger partial charge in [0.1, 0.15) is 5.56 Å². The van der Waals surface area contributed by atoms with Gasteiger partial charge in [0.05, 0.1) is 4.92 Å². The number of halogens is 1. The number of nitro groups is 1. The predicted octanol–water partition coefficient (Wildman–Crippen LogP) is 2.99. The van der Waals surface area contributed by atoms with Gasteiger partial charge in [0.2, 0.25) is 0 Å². The van der Waals surface area contributed by atoms with E-state index in [0.717, 1.165) is 24.2 Å². The lowest BCUT2D eigenvalue weighted by atomic mass is 10.1. The molecule has 0 aliphatic rings. The van der Waals surface area contributed by atoms with Crippen LogP contribution < -0.4 is 11.1 Å². The normalized spacial score (nSPS) is 11.4. The number of amides is 1. The predicted molar refractivity (Wildman–Crippen MR) is 92.0 cm³/mol. The van der Waals surface area contributed by atoms with E-state index in [2.05, 4.69) is 12.2 Å². The highest BCUT2D eigenvalue weighted by atomic mass is 35.5. The molecule has 8 heteroatoms.